The summed E-state index contributed by atoms with van der Waals surface area (Å²) >= 11 is 1.77. The van der Waals surface area contributed by atoms with E-state index in [2.05, 4.69) is 43.6 Å². The summed E-state index contributed by atoms with van der Waals surface area (Å²) in [5.74, 6) is 0. The molecular weight excluding hydrogens is 258 g/mol. The number of aliphatic hydroxyl groups is 1. The minimum atomic E-state index is -0.579. The van der Waals surface area contributed by atoms with Gasteiger partial charge in [0.25, 0.3) is 0 Å². The van der Waals surface area contributed by atoms with Crippen molar-refractivity contribution in [3.63, 3.8) is 0 Å². The molecule has 1 fully saturated rings. The van der Waals surface area contributed by atoms with E-state index >= 15 is 0 Å². The largest absolute Gasteiger partial charge is 0.390 e. The zero-order valence-electron chi connectivity index (χ0n) is 12.1. The minimum Gasteiger partial charge on any atom is -0.390 e. The third-order valence-electron chi connectivity index (χ3n) is 3.83. The summed E-state index contributed by atoms with van der Waals surface area (Å²) in [6.07, 6.45) is 2.25. The highest BCUT2D eigenvalue weighted by Gasteiger charge is 2.38. The van der Waals surface area contributed by atoms with E-state index in [1.807, 2.05) is 0 Å². The van der Waals surface area contributed by atoms with E-state index < -0.39 is 5.60 Å². The highest BCUT2D eigenvalue weighted by molar-refractivity contribution is 7.10. The van der Waals surface area contributed by atoms with Gasteiger partial charge in [0.05, 0.1) is 17.8 Å². The second-order valence-electron chi connectivity index (χ2n) is 6.20. The van der Waals surface area contributed by atoms with Crippen LogP contribution in [-0.4, -0.2) is 29.5 Å². The Bertz CT molecular complexity index is 391. The van der Waals surface area contributed by atoms with Crippen molar-refractivity contribution in [2.45, 2.75) is 57.3 Å². The van der Waals surface area contributed by atoms with E-state index in [4.69, 9.17) is 4.74 Å². The van der Waals surface area contributed by atoms with E-state index in [1.54, 1.807) is 11.3 Å². The fourth-order valence-electron chi connectivity index (χ4n) is 2.82. The van der Waals surface area contributed by atoms with Gasteiger partial charge in [0.15, 0.2) is 0 Å². The lowest BCUT2D eigenvalue weighted by Gasteiger charge is -2.41. The maximum Gasteiger partial charge on any atom is 0.0709 e. The van der Waals surface area contributed by atoms with E-state index in [9.17, 15) is 5.11 Å². The third kappa shape index (κ3) is 4.28. The number of nitrogens with one attached hydrogen (secondary N) is 1. The Morgan fingerprint density at radius 2 is 2.32 bits per heavy atom. The molecule has 0 aromatic carbocycles. The van der Waals surface area contributed by atoms with Crippen LogP contribution in [0.5, 0.6) is 0 Å². The second kappa shape index (κ2) is 5.92. The Morgan fingerprint density at radius 3 is 2.95 bits per heavy atom. The summed E-state index contributed by atoms with van der Waals surface area (Å²) in [5, 5.41) is 16.2. The quantitative estimate of drug-likeness (QED) is 0.872. The van der Waals surface area contributed by atoms with Gasteiger partial charge in [-0.2, -0.15) is 0 Å². The van der Waals surface area contributed by atoms with Crippen LogP contribution in [-0.2, 0) is 4.74 Å². The number of ether oxygens (including phenoxy) is 1. The van der Waals surface area contributed by atoms with Crippen LogP contribution < -0.4 is 5.32 Å². The molecule has 2 rings (SSSR count). The van der Waals surface area contributed by atoms with Gasteiger partial charge in [-0.25, -0.2) is 0 Å². The van der Waals surface area contributed by atoms with Crippen LogP contribution in [0.3, 0.4) is 0 Å². The van der Waals surface area contributed by atoms with Gasteiger partial charge in [0.1, 0.15) is 0 Å². The number of thiophene rings is 1. The van der Waals surface area contributed by atoms with E-state index in [-0.39, 0.29) is 5.60 Å². The summed E-state index contributed by atoms with van der Waals surface area (Å²) in [4.78, 5) is 1.35. The summed E-state index contributed by atoms with van der Waals surface area (Å²) in [5.41, 5.74) is -0.781. The molecular formula is C15H25NO2S. The smallest absolute Gasteiger partial charge is 0.0709 e. The first-order valence-electron chi connectivity index (χ1n) is 7.03. The molecule has 1 aromatic heterocycles. The topological polar surface area (TPSA) is 41.5 Å². The van der Waals surface area contributed by atoms with Crippen LogP contribution in [0, 0.1) is 0 Å². The number of hydrogen-bond acceptors (Lipinski definition) is 4. The Balaban J connectivity index is 1.78. The maximum atomic E-state index is 10.6. The van der Waals surface area contributed by atoms with Crippen molar-refractivity contribution < 1.29 is 9.84 Å². The van der Waals surface area contributed by atoms with Gasteiger partial charge in [0.2, 0.25) is 0 Å². The molecule has 0 saturated carbocycles. The van der Waals surface area contributed by atoms with Gasteiger partial charge >= 0.3 is 0 Å². The van der Waals surface area contributed by atoms with Crippen molar-refractivity contribution in [2.24, 2.45) is 0 Å². The third-order valence-corrected chi connectivity index (χ3v) is 4.88. The van der Waals surface area contributed by atoms with E-state index in [0.29, 0.717) is 12.6 Å². The summed E-state index contributed by atoms with van der Waals surface area (Å²) < 4.78 is 5.67. The molecule has 19 heavy (non-hydrogen) atoms. The first kappa shape index (κ1) is 15.0. The normalized spacial score (nSPS) is 28.2. The molecule has 4 heteroatoms. The lowest BCUT2D eigenvalue weighted by Crippen LogP contribution is -2.47. The fraction of sp³-hybridized carbons (Fsp3) is 0.733. The Hall–Kier alpha value is -0.420. The van der Waals surface area contributed by atoms with Crippen LogP contribution in [0.15, 0.2) is 17.5 Å². The van der Waals surface area contributed by atoms with Crippen molar-refractivity contribution in [1.29, 1.82) is 0 Å². The molecule has 0 bridgehead atoms. The van der Waals surface area contributed by atoms with Crippen LogP contribution in [0.25, 0.3) is 0 Å². The fourth-order valence-corrected chi connectivity index (χ4v) is 3.58. The molecule has 1 aliphatic heterocycles. The highest BCUT2D eigenvalue weighted by Crippen LogP contribution is 2.34. The lowest BCUT2D eigenvalue weighted by molar-refractivity contribution is -0.146. The molecule has 2 N–H and O–H groups in total. The number of rotatable bonds is 5. The molecule has 0 unspecified atom stereocenters. The minimum absolute atomic E-state index is 0.202. The van der Waals surface area contributed by atoms with Crippen molar-refractivity contribution in [2.75, 3.05) is 13.2 Å². The predicted octanol–water partition coefficient (Wildman–Crippen LogP) is 3.11. The Morgan fingerprint density at radius 1 is 1.53 bits per heavy atom. The standard InChI is InChI=1S/C15H25NO2S/c1-12(13-5-4-10-19-13)16-8-6-15(17)7-9-18-14(2,3)11-15/h4-5,10,12,16-17H,6-9,11H2,1-3H3/t12-,15+/m1/s1. The van der Waals surface area contributed by atoms with Gasteiger partial charge in [-0.3, -0.25) is 0 Å². The Labute approximate surface area is 120 Å². The van der Waals surface area contributed by atoms with Crippen molar-refractivity contribution >= 4 is 11.3 Å². The van der Waals surface area contributed by atoms with Gasteiger partial charge in [-0.1, -0.05) is 6.07 Å². The molecule has 1 saturated heterocycles. The molecule has 2 atom stereocenters. The molecule has 1 aromatic rings. The van der Waals surface area contributed by atoms with Gasteiger partial charge in [-0.05, 0) is 51.6 Å². The highest BCUT2D eigenvalue weighted by atomic mass is 32.1. The average molecular weight is 283 g/mol. The van der Waals surface area contributed by atoms with Crippen molar-refractivity contribution in [3.8, 4) is 0 Å². The summed E-state index contributed by atoms with van der Waals surface area (Å²) in [6.45, 7) is 7.77. The van der Waals surface area contributed by atoms with Crippen molar-refractivity contribution in [3.05, 3.63) is 22.4 Å². The molecule has 3 nitrogen and oxygen atoms in total. The summed E-state index contributed by atoms with van der Waals surface area (Å²) in [6, 6.07) is 4.58. The monoisotopic (exact) mass is 283 g/mol. The molecule has 1 aliphatic rings. The molecule has 0 amide bonds. The SMILES string of the molecule is C[C@@H](NCC[C@]1(O)CCOC(C)(C)C1)c1cccs1. The van der Waals surface area contributed by atoms with Gasteiger partial charge in [-0.15, -0.1) is 11.3 Å². The number of hydrogen-bond donors (Lipinski definition) is 2. The van der Waals surface area contributed by atoms with Crippen LogP contribution >= 0.6 is 11.3 Å². The maximum absolute atomic E-state index is 10.6. The van der Waals surface area contributed by atoms with E-state index in [0.717, 1.165) is 25.8 Å². The van der Waals surface area contributed by atoms with Crippen LogP contribution in [0.2, 0.25) is 0 Å². The van der Waals surface area contributed by atoms with Crippen LogP contribution in [0.1, 0.15) is 51.0 Å². The molecule has 2 heterocycles. The van der Waals surface area contributed by atoms with Gasteiger partial charge in [0, 0.05) is 17.3 Å². The average Bonchev–Trinajstić information content (AvgIpc) is 2.80. The zero-order chi connectivity index (χ0) is 13.9. The zero-order valence-corrected chi connectivity index (χ0v) is 12.9. The van der Waals surface area contributed by atoms with Crippen LogP contribution in [0.4, 0.5) is 0 Å². The second-order valence-corrected chi connectivity index (χ2v) is 7.18. The first-order valence-corrected chi connectivity index (χ1v) is 7.91. The predicted molar refractivity (Wildman–Crippen MR) is 79.6 cm³/mol. The van der Waals surface area contributed by atoms with Gasteiger partial charge < -0.3 is 15.2 Å². The molecule has 0 radical (unpaired) electrons. The Kier molecular flexibility index (Phi) is 4.66. The first-order chi connectivity index (χ1) is 8.90. The van der Waals surface area contributed by atoms with E-state index in [1.165, 1.54) is 4.88 Å². The van der Waals surface area contributed by atoms with Crippen molar-refractivity contribution in [1.82, 2.24) is 5.32 Å². The lowest BCUT2D eigenvalue weighted by atomic mass is 9.82. The molecule has 0 spiro atoms. The summed E-state index contributed by atoms with van der Waals surface area (Å²) in [7, 11) is 0. The molecule has 108 valence electrons. The molecule has 0 aliphatic carbocycles.